The van der Waals surface area contributed by atoms with E-state index in [1.54, 1.807) is 0 Å². The molecule has 0 heterocycles. The van der Waals surface area contributed by atoms with Gasteiger partial charge in [0.05, 0.1) is 0 Å². The molecule has 0 bridgehead atoms. The van der Waals surface area contributed by atoms with Gasteiger partial charge in [-0.1, -0.05) is 79.7 Å². The van der Waals surface area contributed by atoms with Crippen LogP contribution < -0.4 is 5.22 Å². The number of aryl methyl sites for hydroxylation is 1. The van der Waals surface area contributed by atoms with Gasteiger partial charge < -0.3 is 0 Å². The van der Waals surface area contributed by atoms with Gasteiger partial charge in [-0.25, -0.2) is 0 Å². The monoisotopic (exact) mass is 322 g/mol. The summed E-state index contributed by atoms with van der Waals surface area (Å²) in [6.45, 7) is 2.36. The maximum Gasteiger partial charge on any atom is -0.00273 e. The first-order chi connectivity index (χ1) is 12.3. The van der Waals surface area contributed by atoms with Gasteiger partial charge in [-0.05, 0) is 68.6 Å². The molecule has 0 saturated carbocycles. The average molecular weight is 322 g/mol. The smallest absolute Gasteiger partial charge is 0.00273 e. The van der Waals surface area contributed by atoms with Crippen LogP contribution in [0.5, 0.6) is 0 Å². The van der Waals surface area contributed by atoms with E-state index in [-0.39, 0.29) is 0 Å². The van der Waals surface area contributed by atoms with E-state index in [1.807, 2.05) is 0 Å². The van der Waals surface area contributed by atoms with Gasteiger partial charge in [-0.15, -0.1) is 0 Å². The van der Waals surface area contributed by atoms with Crippen LogP contribution in [-0.4, -0.2) is 0 Å². The molecule has 4 aromatic carbocycles. The maximum absolute atomic E-state index is 2.40. The lowest BCUT2D eigenvalue weighted by Crippen LogP contribution is -2.10. The fourth-order valence-electron chi connectivity index (χ4n) is 4.54. The fraction of sp³-hybridized carbons (Fsp3) is 0.200. The molecule has 0 saturated heterocycles. The van der Waals surface area contributed by atoms with Crippen molar-refractivity contribution in [2.75, 3.05) is 0 Å². The summed E-state index contributed by atoms with van der Waals surface area (Å²) in [5.74, 6) is 0.511. The Kier molecular flexibility index (Phi) is 3.38. The maximum atomic E-state index is 2.40. The van der Waals surface area contributed by atoms with Gasteiger partial charge in [0.1, 0.15) is 0 Å². The zero-order valence-corrected chi connectivity index (χ0v) is 14.6. The molecule has 5 rings (SSSR count). The van der Waals surface area contributed by atoms with Crippen LogP contribution in [0, 0.1) is 0 Å². The predicted octanol–water partition coefficient (Wildman–Crippen LogP) is 5.78. The first kappa shape index (κ1) is 14.7. The van der Waals surface area contributed by atoms with Gasteiger partial charge in [0.15, 0.2) is 0 Å². The highest BCUT2D eigenvalue weighted by Gasteiger charge is 2.16. The normalized spacial score (nSPS) is 14.6. The van der Waals surface area contributed by atoms with E-state index in [2.05, 4.69) is 79.7 Å². The first-order valence-electron chi connectivity index (χ1n) is 9.32. The molecular weight excluding hydrogens is 300 g/mol. The van der Waals surface area contributed by atoms with Crippen LogP contribution in [-0.2, 0) is 12.8 Å². The lowest BCUT2D eigenvalue weighted by molar-refractivity contribution is 0.766. The number of hydrogen-bond acceptors (Lipinski definition) is 0. The third-order valence-electron chi connectivity index (χ3n) is 5.76. The second kappa shape index (κ2) is 5.74. The Labute approximate surface area is 148 Å². The van der Waals surface area contributed by atoms with Crippen molar-refractivity contribution in [1.82, 2.24) is 0 Å². The quantitative estimate of drug-likeness (QED) is 0.448. The van der Waals surface area contributed by atoms with Crippen molar-refractivity contribution < 1.29 is 0 Å². The minimum atomic E-state index is 0.511. The summed E-state index contributed by atoms with van der Waals surface area (Å²) in [5.41, 5.74) is 4.41. The molecule has 1 aliphatic rings. The molecule has 0 aromatic heterocycles. The van der Waals surface area contributed by atoms with E-state index in [4.69, 9.17) is 0 Å². The number of rotatable bonds is 3. The van der Waals surface area contributed by atoms with Gasteiger partial charge in [-0.2, -0.15) is 0 Å². The molecule has 0 amide bonds. The lowest BCUT2D eigenvalue weighted by atomic mass is 9.84. The molecule has 0 aliphatic heterocycles. The van der Waals surface area contributed by atoms with E-state index < -0.39 is 0 Å². The van der Waals surface area contributed by atoms with Gasteiger partial charge in [0, 0.05) is 0 Å². The van der Waals surface area contributed by atoms with E-state index >= 15 is 0 Å². The molecule has 1 atom stereocenters. The summed E-state index contributed by atoms with van der Waals surface area (Å²) >= 11 is 0. The van der Waals surface area contributed by atoms with Crippen molar-refractivity contribution >= 4 is 27.6 Å². The summed E-state index contributed by atoms with van der Waals surface area (Å²) in [7, 11) is 0. The van der Waals surface area contributed by atoms with Crippen LogP contribution in [0.15, 0.2) is 66.7 Å². The van der Waals surface area contributed by atoms with Crippen molar-refractivity contribution in [3.8, 4) is 0 Å². The van der Waals surface area contributed by atoms with Crippen molar-refractivity contribution in [1.29, 1.82) is 0 Å². The molecule has 25 heavy (non-hydrogen) atoms. The highest BCUT2D eigenvalue weighted by atomic mass is 14.2. The molecule has 1 unspecified atom stereocenters. The highest BCUT2D eigenvalue weighted by molar-refractivity contribution is 6.13. The Morgan fingerprint density at radius 2 is 1.68 bits per heavy atom. The summed E-state index contributed by atoms with van der Waals surface area (Å²) in [6.07, 6.45) is 5.83. The topological polar surface area (TPSA) is 0 Å². The van der Waals surface area contributed by atoms with E-state index in [0.29, 0.717) is 5.92 Å². The molecule has 0 fully saturated rings. The van der Waals surface area contributed by atoms with E-state index in [1.165, 1.54) is 49.9 Å². The van der Waals surface area contributed by atoms with Gasteiger partial charge in [-0.3, -0.25) is 0 Å². The minimum Gasteiger partial charge on any atom is -0.0763 e. The van der Waals surface area contributed by atoms with Crippen molar-refractivity contribution in [2.45, 2.75) is 32.1 Å². The molecule has 0 heteroatoms. The minimum absolute atomic E-state index is 0.511. The highest BCUT2D eigenvalue weighted by Crippen LogP contribution is 2.35. The SMILES string of the molecule is CC(Cc1ccccc1)c1ccc2ccc3c4c(ccc1c24)CCC=3. The third kappa shape index (κ3) is 2.36. The lowest BCUT2D eigenvalue weighted by Gasteiger charge is -2.20. The Morgan fingerprint density at radius 1 is 0.840 bits per heavy atom. The summed E-state index contributed by atoms with van der Waals surface area (Å²) in [6, 6.07) is 24.8. The van der Waals surface area contributed by atoms with Crippen molar-refractivity contribution in [2.24, 2.45) is 0 Å². The summed E-state index contributed by atoms with van der Waals surface area (Å²) < 4.78 is 0. The fourth-order valence-corrected chi connectivity index (χ4v) is 4.54. The Balaban J connectivity index is 1.72. The van der Waals surface area contributed by atoms with Gasteiger partial charge >= 0.3 is 0 Å². The van der Waals surface area contributed by atoms with Gasteiger partial charge in [0.25, 0.3) is 0 Å². The molecular formula is C25H22. The van der Waals surface area contributed by atoms with Crippen LogP contribution in [0.25, 0.3) is 27.6 Å². The summed E-state index contributed by atoms with van der Waals surface area (Å²) in [5, 5.41) is 7.21. The summed E-state index contributed by atoms with van der Waals surface area (Å²) in [4.78, 5) is 0. The number of hydrogen-bond donors (Lipinski definition) is 0. The zero-order chi connectivity index (χ0) is 16.8. The van der Waals surface area contributed by atoms with Crippen molar-refractivity contribution in [3.05, 3.63) is 88.6 Å². The van der Waals surface area contributed by atoms with Crippen molar-refractivity contribution in [3.63, 3.8) is 0 Å². The third-order valence-corrected chi connectivity index (χ3v) is 5.76. The second-order valence-corrected chi connectivity index (χ2v) is 7.39. The molecule has 0 N–H and O–H groups in total. The Hall–Kier alpha value is -2.60. The van der Waals surface area contributed by atoms with Crippen LogP contribution >= 0.6 is 0 Å². The number of benzene rings is 4. The molecule has 1 aliphatic carbocycles. The first-order valence-corrected chi connectivity index (χ1v) is 9.32. The van der Waals surface area contributed by atoms with Crippen LogP contribution in [0.2, 0.25) is 0 Å². The molecule has 0 nitrogen and oxygen atoms in total. The Bertz CT molecular complexity index is 1120. The zero-order valence-electron chi connectivity index (χ0n) is 14.6. The average Bonchev–Trinajstić information content (AvgIpc) is 2.67. The van der Waals surface area contributed by atoms with Crippen LogP contribution in [0.4, 0.5) is 0 Å². The van der Waals surface area contributed by atoms with Crippen LogP contribution in [0.1, 0.15) is 36.0 Å². The molecule has 4 aromatic rings. The molecule has 0 radical (unpaired) electrons. The van der Waals surface area contributed by atoms with E-state index in [9.17, 15) is 0 Å². The second-order valence-electron chi connectivity index (χ2n) is 7.39. The van der Waals surface area contributed by atoms with Gasteiger partial charge in [0.2, 0.25) is 0 Å². The molecule has 0 spiro atoms. The van der Waals surface area contributed by atoms with E-state index in [0.717, 1.165) is 12.8 Å². The standard InChI is InChI=1S/C25H22/c1-17(16-18-6-3-2-4-7-18)22-14-12-21-11-10-19-8-5-9-20-13-15-23(22)25(21)24(19)20/h2-4,6-8,10-15,17H,5,9,16H2,1H3. The predicted molar refractivity (Wildman–Crippen MR) is 108 cm³/mol. The van der Waals surface area contributed by atoms with Crippen LogP contribution in [0.3, 0.4) is 0 Å². The molecule has 122 valence electrons. The Morgan fingerprint density at radius 3 is 2.56 bits per heavy atom. The largest absolute Gasteiger partial charge is 0.0763 e.